The predicted molar refractivity (Wildman–Crippen MR) is 85.8 cm³/mol. The van der Waals surface area contributed by atoms with Crippen LogP contribution >= 0.6 is 0 Å². The lowest BCUT2D eigenvalue weighted by Crippen LogP contribution is -2.25. The molecule has 0 aliphatic heterocycles. The minimum atomic E-state index is 0.155. The summed E-state index contributed by atoms with van der Waals surface area (Å²) in [5.41, 5.74) is 4.84. The number of methoxy groups -OCH3 is 1. The Hall–Kier alpha value is -1.81. The second kappa shape index (κ2) is 6.76. The van der Waals surface area contributed by atoms with E-state index in [1.165, 1.54) is 16.8 Å². The van der Waals surface area contributed by atoms with Gasteiger partial charge in [0.25, 0.3) is 0 Å². The fraction of sp³-hybridized carbons (Fsp3) is 0.471. The maximum absolute atomic E-state index is 5.42. The van der Waals surface area contributed by atoms with Crippen molar-refractivity contribution in [2.75, 3.05) is 13.7 Å². The Kier molecular flexibility index (Phi) is 5.02. The monoisotopic (exact) mass is 287 g/mol. The van der Waals surface area contributed by atoms with Gasteiger partial charge in [0.1, 0.15) is 5.75 Å². The molecule has 0 aliphatic carbocycles. The summed E-state index contributed by atoms with van der Waals surface area (Å²) >= 11 is 0. The van der Waals surface area contributed by atoms with Gasteiger partial charge < -0.3 is 14.6 Å². The molecule has 1 aromatic heterocycles. The summed E-state index contributed by atoms with van der Waals surface area (Å²) in [7, 11) is 3.75. The van der Waals surface area contributed by atoms with E-state index in [0.29, 0.717) is 0 Å². The van der Waals surface area contributed by atoms with Crippen molar-refractivity contribution in [1.29, 1.82) is 0 Å². The number of rotatable bonds is 6. The van der Waals surface area contributed by atoms with Crippen molar-refractivity contribution in [3.05, 3.63) is 47.0 Å². The second-order valence-corrected chi connectivity index (χ2v) is 5.49. The molecule has 1 N–H and O–H groups in total. The van der Waals surface area contributed by atoms with Crippen LogP contribution in [0.3, 0.4) is 0 Å². The van der Waals surface area contributed by atoms with Crippen LogP contribution in [-0.2, 0) is 7.05 Å². The number of aromatic nitrogens is 2. The van der Waals surface area contributed by atoms with Crippen molar-refractivity contribution in [2.45, 2.75) is 33.2 Å². The standard InChI is InChI=1S/C17H25N3O/c1-6-7-19-17(15-10-18-11-20(15)4)14-8-13(3)16(21-5)9-12(14)2/h8-11,17,19H,6-7H2,1-5H3. The van der Waals surface area contributed by atoms with Crippen LogP contribution in [0.1, 0.15) is 41.8 Å². The fourth-order valence-electron chi connectivity index (χ4n) is 2.65. The van der Waals surface area contributed by atoms with E-state index >= 15 is 0 Å². The van der Waals surface area contributed by atoms with Crippen molar-refractivity contribution >= 4 is 0 Å². The van der Waals surface area contributed by atoms with Crippen LogP contribution in [0.2, 0.25) is 0 Å². The molecule has 2 rings (SSSR count). The molecule has 0 spiro atoms. The van der Waals surface area contributed by atoms with Gasteiger partial charge in [-0.2, -0.15) is 0 Å². The minimum Gasteiger partial charge on any atom is -0.496 e. The van der Waals surface area contributed by atoms with Crippen molar-refractivity contribution in [3.63, 3.8) is 0 Å². The van der Waals surface area contributed by atoms with E-state index in [9.17, 15) is 0 Å². The first-order chi connectivity index (χ1) is 10.1. The smallest absolute Gasteiger partial charge is 0.122 e. The molecule has 1 atom stereocenters. The molecule has 0 saturated carbocycles. The fourth-order valence-corrected chi connectivity index (χ4v) is 2.65. The van der Waals surface area contributed by atoms with Gasteiger partial charge in [0, 0.05) is 7.05 Å². The van der Waals surface area contributed by atoms with Gasteiger partial charge >= 0.3 is 0 Å². The molecular weight excluding hydrogens is 262 g/mol. The van der Waals surface area contributed by atoms with Crippen molar-refractivity contribution in [2.24, 2.45) is 7.05 Å². The van der Waals surface area contributed by atoms with Gasteiger partial charge in [0.05, 0.1) is 31.4 Å². The molecule has 21 heavy (non-hydrogen) atoms. The lowest BCUT2D eigenvalue weighted by Gasteiger charge is -2.22. The first-order valence-corrected chi connectivity index (χ1v) is 7.43. The van der Waals surface area contributed by atoms with Crippen LogP contribution in [0.4, 0.5) is 0 Å². The third-order valence-corrected chi connectivity index (χ3v) is 3.84. The number of aryl methyl sites for hydroxylation is 3. The SMILES string of the molecule is CCCNC(c1cc(C)c(OC)cc1C)c1cncn1C. The lowest BCUT2D eigenvalue weighted by atomic mass is 9.96. The molecular formula is C17H25N3O. The Morgan fingerprint density at radius 2 is 2.05 bits per heavy atom. The molecule has 4 heteroatoms. The number of imidazole rings is 1. The highest BCUT2D eigenvalue weighted by molar-refractivity contribution is 5.44. The summed E-state index contributed by atoms with van der Waals surface area (Å²) in [5, 5.41) is 3.63. The van der Waals surface area contributed by atoms with Crippen molar-refractivity contribution < 1.29 is 4.74 Å². The van der Waals surface area contributed by atoms with Crippen LogP contribution in [0.25, 0.3) is 0 Å². The molecule has 4 nitrogen and oxygen atoms in total. The Balaban J connectivity index is 2.46. The van der Waals surface area contributed by atoms with Crippen LogP contribution in [0, 0.1) is 13.8 Å². The number of ether oxygens (including phenoxy) is 1. The first-order valence-electron chi connectivity index (χ1n) is 7.43. The molecule has 1 heterocycles. The zero-order valence-electron chi connectivity index (χ0n) is 13.6. The summed E-state index contributed by atoms with van der Waals surface area (Å²) in [5.74, 6) is 0.940. The highest BCUT2D eigenvalue weighted by Crippen LogP contribution is 2.30. The average molecular weight is 287 g/mol. The molecule has 1 aromatic carbocycles. The van der Waals surface area contributed by atoms with E-state index in [0.717, 1.165) is 24.3 Å². The Labute approximate surface area is 127 Å². The summed E-state index contributed by atoms with van der Waals surface area (Å²) < 4.78 is 7.49. The summed E-state index contributed by atoms with van der Waals surface area (Å²) in [6.07, 6.45) is 4.89. The Morgan fingerprint density at radius 3 is 2.62 bits per heavy atom. The van der Waals surface area contributed by atoms with Crippen molar-refractivity contribution in [1.82, 2.24) is 14.9 Å². The number of hydrogen-bond donors (Lipinski definition) is 1. The molecule has 0 saturated heterocycles. The first kappa shape index (κ1) is 15.6. The van der Waals surface area contributed by atoms with Gasteiger partial charge in [0.15, 0.2) is 0 Å². The van der Waals surface area contributed by atoms with Gasteiger partial charge in [-0.15, -0.1) is 0 Å². The Morgan fingerprint density at radius 1 is 1.29 bits per heavy atom. The number of nitrogens with one attached hydrogen (secondary N) is 1. The predicted octanol–water partition coefficient (Wildman–Crippen LogP) is 3.13. The van der Waals surface area contributed by atoms with Gasteiger partial charge in [-0.3, -0.25) is 0 Å². The highest BCUT2D eigenvalue weighted by Gasteiger charge is 2.19. The maximum atomic E-state index is 5.42. The second-order valence-electron chi connectivity index (χ2n) is 5.49. The molecule has 2 aromatic rings. The van der Waals surface area contributed by atoms with Crippen LogP contribution in [0.15, 0.2) is 24.7 Å². The highest BCUT2D eigenvalue weighted by atomic mass is 16.5. The topological polar surface area (TPSA) is 39.1 Å². The molecule has 0 aliphatic rings. The van der Waals surface area contributed by atoms with E-state index in [-0.39, 0.29) is 6.04 Å². The van der Waals surface area contributed by atoms with E-state index in [4.69, 9.17) is 4.74 Å². The minimum absolute atomic E-state index is 0.155. The van der Waals surface area contributed by atoms with Crippen LogP contribution in [0.5, 0.6) is 5.75 Å². The normalized spacial score (nSPS) is 12.4. The third-order valence-electron chi connectivity index (χ3n) is 3.84. The lowest BCUT2D eigenvalue weighted by molar-refractivity contribution is 0.411. The molecule has 0 fully saturated rings. The summed E-state index contributed by atoms with van der Waals surface area (Å²) in [6.45, 7) is 7.37. The quantitative estimate of drug-likeness (QED) is 0.887. The molecule has 1 unspecified atom stereocenters. The summed E-state index contributed by atoms with van der Waals surface area (Å²) in [6, 6.07) is 4.48. The number of hydrogen-bond acceptors (Lipinski definition) is 3. The summed E-state index contributed by atoms with van der Waals surface area (Å²) in [4.78, 5) is 4.26. The van der Waals surface area contributed by atoms with Gasteiger partial charge in [-0.05, 0) is 49.6 Å². The largest absolute Gasteiger partial charge is 0.496 e. The molecule has 0 bridgehead atoms. The van der Waals surface area contributed by atoms with Gasteiger partial charge in [-0.25, -0.2) is 4.98 Å². The van der Waals surface area contributed by atoms with E-state index in [1.54, 1.807) is 7.11 Å². The van der Waals surface area contributed by atoms with Crippen molar-refractivity contribution in [3.8, 4) is 5.75 Å². The third kappa shape index (κ3) is 3.27. The van der Waals surface area contributed by atoms with E-state index in [2.05, 4.69) is 47.8 Å². The molecule has 0 radical (unpaired) electrons. The zero-order valence-corrected chi connectivity index (χ0v) is 13.6. The van der Waals surface area contributed by atoms with Gasteiger partial charge in [-0.1, -0.05) is 13.0 Å². The zero-order chi connectivity index (χ0) is 15.4. The number of benzene rings is 1. The average Bonchev–Trinajstić information content (AvgIpc) is 2.88. The number of nitrogens with zero attached hydrogens (tertiary/aromatic N) is 2. The van der Waals surface area contributed by atoms with Crippen LogP contribution < -0.4 is 10.1 Å². The molecule has 114 valence electrons. The van der Waals surface area contributed by atoms with Crippen LogP contribution in [-0.4, -0.2) is 23.2 Å². The van der Waals surface area contributed by atoms with E-state index < -0.39 is 0 Å². The van der Waals surface area contributed by atoms with E-state index in [1.807, 2.05) is 19.6 Å². The van der Waals surface area contributed by atoms with Gasteiger partial charge in [0.2, 0.25) is 0 Å². The molecule has 0 amide bonds. The Bertz CT molecular complexity index is 604. The maximum Gasteiger partial charge on any atom is 0.122 e.